The predicted molar refractivity (Wildman–Crippen MR) is 50.4 cm³/mol. The van der Waals surface area contributed by atoms with Crippen LogP contribution in [-0.4, -0.2) is 13.6 Å². The van der Waals surface area contributed by atoms with E-state index in [1.165, 1.54) is 0 Å². The molecule has 0 aromatic carbocycles. The number of allylic oxidation sites excluding steroid dienone is 1. The molecule has 0 spiro atoms. The van der Waals surface area contributed by atoms with E-state index in [1.54, 1.807) is 0 Å². The zero-order valence-corrected chi connectivity index (χ0v) is 7.27. The molecule has 0 aromatic heterocycles. The van der Waals surface area contributed by atoms with Crippen LogP contribution in [0.25, 0.3) is 0 Å². The number of terminal acetylenes is 1. The standard InChI is InChI=1S/C10H17N/c1-3-4-5-6-7-8-9-10-11-2/h1,7-8,11H,4-6,9-10H2,2H3/b8-7+. The number of rotatable bonds is 6. The summed E-state index contributed by atoms with van der Waals surface area (Å²) in [6.07, 6.45) is 13.8. The smallest absolute Gasteiger partial charge is 0.00890 e. The molecule has 0 bridgehead atoms. The number of unbranched alkanes of at least 4 members (excludes halogenated alkanes) is 2. The SMILES string of the molecule is C#CCCC/C=C/CCNC. The van der Waals surface area contributed by atoms with Crippen LogP contribution in [0.4, 0.5) is 0 Å². The molecule has 0 heterocycles. The van der Waals surface area contributed by atoms with Crippen molar-refractivity contribution >= 4 is 0 Å². The number of hydrogen-bond acceptors (Lipinski definition) is 1. The van der Waals surface area contributed by atoms with Gasteiger partial charge in [-0.25, -0.2) is 0 Å². The highest BCUT2D eigenvalue weighted by Gasteiger charge is 1.79. The Morgan fingerprint density at radius 1 is 1.36 bits per heavy atom. The molecule has 0 amide bonds. The highest BCUT2D eigenvalue weighted by atomic mass is 14.8. The van der Waals surface area contributed by atoms with E-state index in [0.29, 0.717) is 0 Å². The maximum atomic E-state index is 5.11. The van der Waals surface area contributed by atoms with Gasteiger partial charge in [-0.1, -0.05) is 12.2 Å². The van der Waals surface area contributed by atoms with Gasteiger partial charge >= 0.3 is 0 Å². The first-order valence-corrected chi connectivity index (χ1v) is 4.15. The second-order valence-electron chi connectivity index (χ2n) is 2.46. The van der Waals surface area contributed by atoms with Crippen molar-refractivity contribution in [1.29, 1.82) is 0 Å². The van der Waals surface area contributed by atoms with Gasteiger partial charge in [0.15, 0.2) is 0 Å². The van der Waals surface area contributed by atoms with E-state index in [9.17, 15) is 0 Å². The van der Waals surface area contributed by atoms with Gasteiger partial charge in [0.2, 0.25) is 0 Å². The van der Waals surface area contributed by atoms with E-state index in [2.05, 4.69) is 23.4 Å². The van der Waals surface area contributed by atoms with E-state index >= 15 is 0 Å². The van der Waals surface area contributed by atoms with Crippen molar-refractivity contribution in [2.45, 2.75) is 25.7 Å². The molecule has 62 valence electrons. The van der Waals surface area contributed by atoms with Crippen molar-refractivity contribution < 1.29 is 0 Å². The first kappa shape index (κ1) is 10.3. The molecule has 0 radical (unpaired) electrons. The van der Waals surface area contributed by atoms with E-state index in [-0.39, 0.29) is 0 Å². The van der Waals surface area contributed by atoms with Crippen molar-refractivity contribution in [2.75, 3.05) is 13.6 Å². The zero-order valence-electron chi connectivity index (χ0n) is 7.27. The third-order valence-corrected chi connectivity index (χ3v) is 1.42. The Morgan fingerprint density at radius 3 is 2.73 bits per heavy atom. The first-order chi connectivity index (χ1) is 5.41. The number of hydrogen-bond donors (Lipinski definition) is 1. The third kappa shape index (κ3) is 9.26. The monoisotopic (exact) mass is 151 g/mol. The fourth-order valence-electron chi connectivity index (χ4n) is 0.785. The quantitative estimate of drug-likeness (QED) is 0.347. The van der Waals surface area contributed by atoms with Crippen LogP contribution in [0.5, 0.6) is 0 Å². The van der Waals surface area contributed by atoms with Crippen LogP contribution in [-0.2, 0) is 0 Å². The summed E-state index contributed by atoms with van der Waals surface area (Å²) < 4.78 is 0. The Labute approximate surface area is 69.9 Å². The average molecular weight is 151 g/mol. The predicted octanol–water partition coefficient (Wildman–Crippen LogP) is 1.96. The zero-order chi connectivity index (χ0) is 8.36. The Kier molecular flexibility index (Phi) is 8.64. The molecule has 0 saturated heterocycles. The molecule has 1 N–H and O–H groups in total. The lowest BCUT2D eigenvalue weighted by atomic mass is 10.2. The van der Waals surface area contributed by atoms with Gasteiger partial charge in [-0.05, 0) is 32.9 Å². The second kappa shape index (κ2) is 9.26. The van der Waals surface area contributed by atoms with Crippen LogP contribution in [0, 0.1) is 12.3 Å². The minimum atomic E-state index is 0.899. The summed E-state index contributed by atoms with van der Waals surface area (Å²) in [5.74, 6) is 2.62. The van der Waals surface area contributed by atoms with Crippen molar-refractivity contribution in [3.8, 4) is 12.3 Å². The maximum absolute atomic E-state index is 5.11. The largest absolute Gasteiger partial charge is 0.319 e. The summed E-state index contributed by atoms with van der Waals surface area (Å²) in [4.78, 5) is 0. The van der Waals surface area contributed by atoms with Gasteiger partial charge in [0.05, 0.1) is 0 Å². The van der Waals surface area contributed by atoms with Gasteiger partial charge in [0.25, 0.3) is 0 Å². The van der Waals surface area contributed by atoms with Crippen LogP contribution >= 0.6 is 0 Å². The van der Waals surface area contributed by atoms with Crippen molar-refractivity contribution in [1.82, 2.24) is 5.32 Å². The van der Waals surface area contributed by atoms with Crippen LogP contribution in [0.15, 0.2) is 12.2 Å². The third-order valence-electron chi connectivity index (χ3n) is 1.42. The molecular formula is C10H17N. The maximum Gasteiger partial charge on any atom is 0.00890 e. The van der Waals surface area contributed by atoms with Crippen molar-refractivity contribution in [3.63, 3.8) is 0 Å². The van der Waals surface area contributed by atoms with Gasteiger partial charge in [-0.3, -0.25) is 0 Å². The Bertz CT molecular complexity index is 130. The second-order valence-corrected chi connectivity index (χ2v) is 2.46. The fourth-order valence-corrected chi connectivity index (χ4v) is 0.785. The van der Waals surface area contributed by atoms with Crippen LogP contribution in [0.1, 0.15) is 25.7 Å². The van der Waals surface area contributed by atoms with Crippen molar-refractivity contribution in [2.24, 2.45) is 0 Å². The van der Waals surface area contributed by atoms with Gasteiger partial charge in [0.1, 0.15) is 0 Å². The minimum absolute atomic E-state index is 0.899. The van der Waals surface area contributed by atoms with E-state index in [1.807, 2.05) is 7.05 Å². The van der Waals surface area contributed by atoms with Gasteiger partial charge in [-0.2, -0.15) is 0 Å². The molecule has 0 aliphatic heterocycles. The Morgan fingerprint density at radius 2 is 2.09 bits per heavy atom. The molecule has 11 heavy (non-hydrogen) atoms. The molecule has 1 heteroatoms. The molecule has 0 aliphatic rings. The molecule has 0 aliphatic carbocycles. The molecule has 0 atom stereocenters. The highest BCUT2D eigenvalue weighted by molar-refractivity contribution is 4.87. The fraction of sp³-hybridized carbons (Fsp3) is 0.600. The Balaban J connectivity index is 2.98. The van der Waals surface area contributed by atoms with Gasteiger partial charge in [0, 0.05) is 6.42 Å². The summed E-state index contributed by atoms with van der Waals surface area (Å²) in [5, 5.41) is 3.09. The van der Waals surface area contributed by atoms with E-state index < -0.39 is 0 Å². The summed E-state index contributed by atoms with van der Waals surface area (Å²) in [7, 11) is 1.96. The lowest BCUT2D eigenvalue weighted by molar-refractivity contribution is 0.802. The first-order valence-electron chi connectivity index (χ1n) is 4.15. The minimum Gasteiger partial charge on any atom is -0.319 e. The highest BCUT2D eigenvalue weighted by Crippen LogP contribution is 1.95. The van der Waals surface area contributed by atoms with Crippen LogP contribution < -0.4 is 5.32 Å². The molecule has 1 nitrogen and oxygen atoms in total. The summed E-state index contributed by atoms with van der Waals surface area (Å²) in [6, 6.07) is 0. The summed E-state index contributed by atoms with van der Waals surface area (Å²) in [6.45, 7) is 1.06. The molecule has 0 saturated carbocycles. The van der Waals surface area contributed by atoms with E-state index in [0.717, 1.165) is 32.2 Å². The summed E-state index contributed by atoms with van der Waals surface area (Å²) >= 11 is 0. The average Bonchev–Trinajstić information content (AvgIpc) is 2.03. The topological polar surface area (TPSA) is 12.0 Å². The molecule has 0 aromatic rings. The normalized spacial score (nSPS) is 10.2. The lowest BCUT2D eigenvalue weighted by Crippen LogP contribution is -2.05. The van der Waals surface area contributed by atoms with E-state index in [4.69, 9.17) is 6.42 Å². The Hall–Kier alpha value is -0.740. The van der Waals surface area contributed by atoms with Crippen LogP contribution in [0.2, 0.25) is 0 Å². The number of nitrogens with one attached hydrogen (secondary N) is 1. The molecule has 0 fully saturated rings. The van der Waals surface area contributed by atoms with Gasteiger partial charge in [-0.15, -0.1) is 12.3 Å². The lowest BCUT2D eigenvalue weighted by Gasteiger charge is -1.91. The molecular weight excluding hydrogens is 134 g/mol. The molecule has 0 unspecified atom stereocenters. The van der Waals surface area contributed by atoms with Crippen LogP contribution in [0.3, 0.4) is 0 Å². The molecule has 0 rings (SSSR count). The van der Waals surface area contributed by atoms with Crippen molar-refractivity contribution in [3.05, 3.63) is 12.2 Å². The summed E-state index contributed by atoms with van der Waals surface area (Å²) in [5.41, 5.74) is 0. The van der Waals surface area contributed by atoms with Gasteiger partial charge < -0.3 is 5.32 Å².